The molecule has 0 aliphatic heterocycles. The molecule has 0 atom stereocenters. The van der Waals surface area contributed by atoms with Crippen molar-refractivity contribution in [2.24, 2.45) is 0 Å². The van der Waals surface area contributed by atoms with Crippen LogP contribution in [0.1, 0.15) is 11.8 Å². The van der Waals surface area contributed by atoms with Gasteiger partial charge in [-0.2, -0.15) is 0 Å². The molecule has 0 radical (unpaired) electrons. The summed E-state index contributed by atoms with van der Waals surface area (Å²) in [4.78, 5) is 6.99. The van der Waals surface area contributed by atoms with Gasteiger partial charge in [0.1, 0.15) is 5.01 Å². The topological polar surface area (TPSA) is 12.9 Å². The van der Waals surface area contributed by atoms with Gasteiger partial charge in [-0.05, 0) is 18.6 Å². The molecule has 3 heteroatoms. The van der Waals surface area contributed by atoms with Crippen LogP contribution in [0.4, 0.5) is 0 Å². The lowest BCUT2D eigenvalue weighted by atomic mass is 10.4. The minimum absolute atomic E-state index is 1.12. The molecular weight excluding hydrogens is 186 g/mol. The van der Waals surface area contributed by atoms with E-state index in [4.69, 9.17) is 0 Å². The summed E-state index contributed by atoms with van der Waals surface area (Å²) >= 11 is 3.54. The molecule has 62 valence electrons. The molecule has 0 bridgehead atoms. The Hall–Kier alpha value is -0.670. The fourth-order valence-electron chi connectivity index (χ4n) is 1.03. The first-order valence-electron chi connectivity index (χ1n) is 3.88. The fourth-order valence-corrected chi connectivity index (χ4v) is 2.69. The van der Waals surface area contributed by atoms with Crippen molar-refractivity contribution in [1.29, 1.82) is 0 Å². The zero-order valence-corrected chi connectivity index (χ0v) is 8.41. The molecule has 0 unspecified atom stereocenters. The Morgan fingerprint density at radius 3 is 2.92 bits per heavy atom. The molecule has 0 fully saturated rings. The van der Waals surface area contributed by atoms with Crippen LogP contribution in [-0.4, -0.2) is 4.98 Å². The number of hydrogen-bond acceptors (Lipinski definition) is 3. The minimum Gasteiger partial charge on any atom is -0.244 e. The van der Waals surface area contributed by atoms with Gasteiger partial charge in [0, 0.05) is 16.5 Å². The smallest absolute Gasteiger partial charge is 0.133 e. The number of rotatable bonds is 2. The Kier molecular flexibility index (Phi) is 2.23. The van der Waals surface area contributed by atoms with Crippen molar-refractivity contribution >= 4 is 22.7 Å². The lowest BCUT2D eigenvalue weighted by Gasteiger charge is -1.86. The van der Waals surface area contributed by atoms with E-state index in [-0.39, 0.29) is 0 Å². The van der Waals surface area contributed by atoms with E-state index in [2.05, 4.69) is 24.0 Å². The van der Waals surface area contributed by atoms with Crippen molar-refractivity contribution in [1.82, 2.24) is 4.98 Å². The summed E-state index contributed by atoms with van der Waals surface area (Å²) < 4.78 is 0. The predicted octanol–water partition coefficient (Wildman–Crippen LogP) is 3.43. The molecule has 0 aliphatic rings. The number of aryl methyl sites for hydroxylation is 1. The molecule has 0 amide bonds. The molecule has 2 aromatic rings. The van der Waals surface area contributed by atoms with Gasteiger partial charge in [-0.3, -0.25) is 0 Å². The first kappa shape index (κ1) is 7.95. The molecule has 0 N–H and O–H groups in total. The van der Waals surface area contributed by atoms with E-state index in [9.17, 15) is 0 Å². The summed E-state index contributed by atoms with van der Waals surface area (Å²) in [6.45, 7) is 2.18. The highest BCUT2D eigenvalue weighted by Crippen LogP contribution is 2.29. The maximum Gasteiger partial charge on any atom is 0.133 e. The largest absolute Gasteiger partial charge is 0.244 e. The van der Waals surface area contributed by atoms with Gasteiger partial charge in [0.2, 0.25) is 0 Å². The molecule has 0 aliphatic carbocycles. The SMILES string of the molecule is CCc1ccc(-c2nccs2)s1. The van der Waals surface area contributed by atoms with Gasteiger partial charge in [-0.1, -0.05) is 6.92 Å². The van der Waals surface area contributed by atoms with E-state index in [1.54, 1.807) is 11.3 Å². The van der Waals surface area contributed by atoms with Gasteiger partial charge in [0.05, 0.1) is 4.88 Å². The molecule has 0 spiro atoms. The van der Waals surface area contributed by atoms with E-state index < -0.39 is 0 Å². The highest BCUT2D eigenvalue weighted by Gasteiger charge is 2.02. The summed E-state index contributed by atoms with van der Waals surface area (Å²) in [6, 6.07) is 4.34. The average molecular weight is 195 g/mol. The van der Waals surface area contributed by atoms with Crippen molar-refractivity contribution in [3.63, 3.8) is 0 Å². The third kappa shape index (κ3) is 1.42. The highest BCUT2D eigenvalue weighted by molar-refractivity contribution is 7.21. The van der Waals surface area contributed by atoms with Gasteiger partial charge < -0.3 is 0 Å². The van der Waals surface area contributed by atoms with Crippen LogP contribution in [0.5, 0.6) is 0 Å². The average Bonchev–Trinajstić information content (AvgIpc) is 2.75. The van der Waals surface area contributed by atoms with E-state index >= 15 is 0 Å². The number of nitrogens with zero attached hydrogens (tertiary/aromatic N) is 1. The van der Waals surface area contributed by atoms with Gasteiger partial charge >= 0.3 is 0 Å². The van der Waals surface area contributed by atoms with Crippen LogP contribution in [0, 0.1) is 0 Å². The number of thiophene rings is 1. The van der Waals surface area contributed by atoms with Crippen LogP contribution in [0.25, 0.3) is 9.88 Å². The molecule has 0 aromatic carbocycles. The number of aromatic nitrogens is 1. The second kappa shape index (κ2) is 3.37. The molecule has 12 heavy (non-hydrogen) atoms. The van der Waals surface area contributed by atoms with E-state index in [0.29, 0.717) is 0 Å². The molecular formula is C9H9NS2. The van der Waals surface area contributed by atoms with E-state index in [1.807, 2.05) is 22.9 Å². The van der Waals surface area contributed by atoms with Crippen molar-refractivity contribution < 1.29 is 0 Å². The molecule has 0 saturated carbocycles. The van der Waals surface area contributed by atoms with Crippen LogP contribution in [0.2, 0.25) is 0 Å². The zero-order valence-electron chi connectivity index (χ0n) is 6.78. The standard InChI is InChI=1S/C9H9NS2/c1-2-7-3-4-8(12-7)9-10-5-6-11-9/h3-6H,2H2,1H3. The van der Waals surface area contributed by atoms with Crippen LogP contribution in [0.3, 0.4) is 0 Å². The first-order valence-corrected chi connectivity index (χ1v) is 5.58. The van der Waals surface area contributed by atoms with Gasteiger partial charge in [0.15, 0.2) is 0 Å². The monoisotopic (exact) mass is 195 g/mol. The summed E-state index contributed by atoms with van der Waals surface area (Å²) in [7, 11) is 0. The van der Waals surface area contributed by atoms with Gasteiger partial charge in [-0.15, -0.1) is 22.7 Å². The van der Waals surface area contributed by atoms with Crippen LogP contribution >= 0.6 is 22.7 Å². The lowest BCUT2D eigenvalue weighted by molar-refractivity contribution is 1.19. The first-order chi connectivity index (χ1) is 5.90. The van der Waals surface area contributed by atoms with Crippen molar-refractivity contribution in [3.05, 3.63) is 28.6 Å². The van der Waals surface area contributed by atoms with Crippen LogP contribution in [-0.2, 0) is 6.42 Å². The predicted molar refractivity (Wildman–Crippen MR) is 54.8 cm³/mol. The lowest BCUT2D eigenvalue weighted by Crippen LogP contribution is -1.65. The molecule has 2 heterocycles. The molecule has 0 saturated heterocycles. The Labute approximate surface area is 79.7 Å². The van der Waals surface area contributed by atoms with Crippen molar-refractivity contribution in [2.45, 2.75) is 13.3 Å². The summed E-state index contributed by atoms with van der Waals surface area (Å²) in [5.74, 6) is 0. The van der Waals surface area contributed by atoms with Crippen LogP contribution in [0.15, 0.2) is 23.7 Å². The second-order valence-electron chi connectivity index (χ2n) is 2.46. The van der Waals surface area contributed by atoms with Gasteiger partial charge in [-0.25, -0.2) is 4.98 Å². The van der Waals surface area contributed by atoms with E-state index in [0.717, 1.165) is 11.4 Å². The normalized spacial score (nSPS) is 10.4. The third-order valence-corrected chi connectivity index (χ3v) is 3.83. The highest BCUT2D eigenvalue weighted by atomic mass is 32.1. The Morgan fingerprint density at radius 1 is 1.42 bits per heavy atom. The Balaban J connectivity index is 2.35. The minimum atomic E-state index is 1.12. The maximum absolute atomic E-state index is 4.26. The number of hydrogen-bond donors (Lipinski definition) is 0. The van der Waals surface area contributed by atoms with Gasteiger partial charge in [0.25, 0.3) is 0 Å². The maximum atomic E-state index is 4.26. The van der Waals surface area contributed by atoms with Crippen molar-refractivity contribution in [2.75, 3.05) is 0 Å². The quantitative estimate of drug-likeness (QED) is 0.715. The third-order valence-electron chi connectivity index (χ3n) is 1.65. The van der Waals surface area contributed by atoms with Crippen molar-refractivity contribution in [3.8, 4) is 9.88 Å². The Bertz CT molecular complexity index is 348. The second-order valence-corrected chi connectivity index (χ2v) is 4.52. The van der Waals surface area contributed by atoms with Crippen LogP contribution < -0.4 is 0 Å². The molecule has 1 nitrogen and oxygen atoms in total. The summed E-state index contributed by atoms with van der Waals surface area (Å²) in [6.07, 6.45) is 2.97. The molecule has 2 aromatic heterocycles. The Morgan fingerprint density at radius 2 is 2.33 bits per heavy atom. The fraction of sp³-hybridized carbons (Fsp3) is 0.222. The summed E-state index contributed by atoms with van der Waals surface area (Å²) in [5, 5.41) is 3.15. The van der Waals surface area contributed by atoms with E-state index in [1.165, 1.54) is 9.75 Å². The molecule has 2 rings (SSSR count). The number of thiazole rings is 1. The summed E-state index contributed by atoms with van der Waals surface area (Å²) in [5.41, 5.74) is 0. The zero-order chi connectivity index (χ0) is 8.39.